The summed E-state index contributed by atoms with van der Waals surface area (Å²) in [4.78, 5) is 38.7. The molecule has 3 unspecified atom stereocenters. The molecule has 0 radical (unpaired) electrons. The van der Waals surface area contributed by atoms with Crippen molar-refractivity contribution < 1.29 is 41.8 Å². The minimum atomic E-state index is -2.35. The lowest BCUT2D eigenvalue weighted by molar-refractivity contribution is -0.221. The molecule has 0 aliphatic heterocycles. The third-order valence-corrected chi connectivity index (χ3v) is 10.3. The maximum atomic E-state index is 17.4. The number of esters is 1. The molecule has 1 aromatic rings. The number of hydrogen-bond acceptors (Lipinski definition) is 7. The van der Waals surface area contributed by atoms with Crippen LogP contribution in [0.4, 0.5) is 13.2 Å². The Morgan fingerprint density at radius 1 is 1.27 bits per heavy atom. The highest BCUT2D eigenvalue weighted by atomic mass is 32.2. The van der Waals surface area contributed by atoms with Crippen molar-refractivity contribution in [1.29, 1.82) is 0 Å². The van der Waals surface area contributed by atoms with Gasteiger partial charge < -0.3 is 14.3 Å². The number of hydrogen-bond donors (Lipinski definition) is 1. The minimum Gasteiger partial charge on any atom is -0.457 e. The molecular weight excluding hydrogens is 509 g/mol. The molecule has 1 aromatic heterocycles. The predicted octanol–water partition coefficient (Wildman–Crippen LogP) is 4.93. The number of furan rings is 1. The van der Waals surface area contributed by atoms with Crippen LogP contribution in [0.25, 0.3) is 0 Å². The highest BCUT2D eigenvalue weighted by Crippen LogP contribution is 2.72. The molecule has 4 aliphatic carbocycles. The molecule has 3 saturated carbocycles. The monoisotopic (exact) mass is 538 g/mol. The standard InChI is InChI=1S/C27H29F3O6S/c1-14-9-16-17-11-19(29)18-10-15(31)6-7-24(18,2)26(17,30)21(32)12-25(16,3)27(14,23(34)37-13-28)36-22(33)20-5-4-8-35-20/h4-8,10,14,16-17,19,21,32H,9,11-13H2,1-3H3/t14?,16?,17?,19-,21-,24-,25-,26-,27-/m0/s1. The third-order valence-electron chi connectivity index (χ3n) is 9.63. The number of ketones is 1. The second-order valence-electron chi connectivity index (χ2n) is 11.1. The Hall–Kier alpha value is -2.33. The van der Waals surface area contributed by atoms with Crippen LogP contribution in [0, 0.1) is 28.6 Å². The fraction of sp³-hybridized carbons (Fsp3) is 0.593. The van der Waals surface area contributed by atoms with Crippen molar-refractivity contribution in [1.82, 2.24) is 0 Å². The minimum absolute atomic E-state index is 0.00739. The molecule has 0 aromatic carbocycles. The van der Waals surface area contributed by atoms with Crippen LogP contribution >= 0.6 is 11.8 Å². The van der Waals surface area contributed by atoms with Crippen LogP contribution < -0.4 is 0 Å². The van der Waals surface area contributed by atoms with Gasteiger partial charge in [0.2, 0.25) is 10.9 Å². The quantitative estimate of drug-likeness (QED) is 0.544. The Balaban J connectivity index is 1.64. The number of ether oxygens (including phenoxy) is 1. The van der Waals surface area contributed by atoms with Crippen LogP contribution in [0.2, 0.25) is 0 Å². The van der Waals surface area contributed by atoms with Gasteiger partial charge in [0.05, 0.1) is 12.4 Å². The van der Waals surface area contributed by atoms with Gasteiger partial charge in [0.1, 0.15) is 12.2 Å². The number of fused-ring (bicyclic) bond motifs is 5. The highest BCUT2D eigenvalue weighted by molar-refractivity contribution is 8.13. The summed E-state index contributed by atoms with van der Waals surface area (Å²) in [6, 6.07) is 1.78. The lowest BCUT2D eigenvalue weighted by atomic mass is 9.44. The Morgan fingerprint density at radius 2 is 2.00 bits per heavy atom. The summed E-state index contributed by atoms with van der Waals surface area (Å²) >= 11 is 0.352. The van der Waals surface area contributed by atoms with E-state index in [0.29, 0.717) is 11.8 Å². The molecule has 0 saturated heterocycles. The lowest BCUT2D eigenvalue weighted by Crippen LogP contribution is -2.70. The fourth-order valence-corrected chi connectivity index (χ4v) is 8.76. The normalized spacial score (nSPS) is 44.5. The van der Waals surface area contributed by atoms with Gasteiger partial charge in [-0.15, -0.1) is 0 Å². The van der Waals surface area contributed by atoms with Crippen molar-refractivity contribution in [3.05, 3.63) is 48.0 Å². The number of halogens is 3. The van der Waals surface area contributed by atoms with E-state index < -0.39 is 75.0 Å². The van der Waals surface area contributed by atoms with E-state index in [-0.39, 0.29) is 30.6 Å². The number of carbonyl (C=O) groups excluding carboxylic acids is 3. The fourth-order valence-electron chi connectivity index (χ4n) is 7.97. The molecule has 0 bridgehead atoms. The maximum Gasteiger partial charge on any atom is 0.375 e. The van der Waals surface area contributed by atoms with Gasteiger partial charge in [-0.3, -0.25) is 9.59 Å². The molecule has 37 heavy (non-hydrogen) atoms. The summed E-state index contributed by atoms with van der Waals surface area (Å²) < 4.78 is 57.5. The highest BCUT2D eigenvalue weighted by Gasteiger charge is 2.78. The Kier molecular flexibility index (Phi) is 6.10. The van der Waals surface area contributed by atoms with Crippen molar-refractivity contribution in [2.75, 3.05) is 6.01 Å². The van der Waals surface area contributed by atoms with Gasteiger partial charge in [0.15, 0.2) is 17.1 Å². The Labute approximate surface area is 216 Å². The second kappa shape index (κ2) is 8.59. The van der Waals surface area contributed by atoms with Crippen LogP contribution in [-0.2, 0) is 14.3 Å². The van der Waals surface area contributed by atoms with Crippen molar-refractivity contribution in [3.63, 3.8) is 0 Å². The van der Waals surface area contributed by atoms with E-state index in [9.17, 15) is 23.9 Å². The molecule has 1 N–H and O–H groups in total. The second-order valence-corrected chi connectivity index (χ2v) is 12.0. The molecule has 6 nitrogen and oxygen atoms in total. The van der Waals surface area contributed by atoms with E-state index in [1.807, 2.05) is 0 Å². The van der Waals surface area contributed by atoms with E-state index in [0.717, 1.165) is 6.08 Å². The van der Waals surface area contributed by atoms with Gasteiger partial charge in [-0.25, -0.2) is 18.0 Å². The van der Waals surface area contributed by atoms with Gasteiger partial charge in [-0.1, -0.05) is 19.9 Å². The first-order valence-electron chi connectivity index (χ1n) is 12.3. The van der Waals surface area contributed by atoms with Gasteiger partial charge in [-0.05, 0) is 73.7 Å². The zero-order valence-electron chi connectivity index (χ0n) is 20.7. The van der Waals surface area contributed by atoms with Gasteiger partial charge >= 0.3 is 5.97 Å². The molecule has 3 fully saturated rings. The SMILES string of the molecule is CC1CC2C3C[C@H](F)C4=CC(=O)C=C[C@]4(C)[C@@]3(F)[C@@H](O)C[C@]2(C)[C@@]1(OC(=O)c1ccco1)C(=O)SCF. The average molecular weight is 539 g/mol. The van der Waals surface area contributed by atoms with Crippen LogP contribution in [0.1, 0.15) is 50.6 Å². The molecule has 0 amide bonds. The summed E-state index contributed by atoms with van der Waals surface area (Å²) in [7, 11) is 0. The van der Waals surface area contributed by atoms with Crippen LogP contribution in [0.5, 0.6) is 0 Å². The average Bonchev–Trinajstić information content (AvgIpc) is 3.45. The number of alkyl halides is 3. The molecule has 10 heteroatoms. The van der Waals surface area contributed by atoms with Crippen LogP contribution in [-0.4, -0.2) is 51.5 Å². The van der Waals surface area contributed by atoms with Crippen LogP contribution in [0.15, 0.2) is 46.6 Å². The lowest BCUT2D eigenvalue weighted by Gasteiger charge is -2.63. The first-order valence-corrected chi connectivity index (χ1v) is 13.3. The van der Waals surface area contributed by atoms with Crippen molar-refractivity contribution in [3.8, 4) is 0 Å². The Bertz CT molecular complexity index is 1200. The number of aliphatic hydroxyl groups is 1. The topological polar surface area (TPSA) is 93.8 Å². The molecule has 1 heterocycles. The Morgan fingerprint density at radius 3 is 2.65 bits per heavy atom. The van der Waals surface area contributed by atoms with Crippen molar-refractivity contribution in [2.45, 2.75) is 63.6 Å². The number of rotatable bonds is 4. The first kappa shape index (κ1) is 26.3. The van der Waals surface area contributed by atoms with Gasteiger partial charge in [-0.2, -0.15) is 0 Å². The summed E-state index contributed by atoms with van der Waals surface area (Å²) in [6.45, 7) is 4.79. The largest absolute Gasteiger partial charge is 0.457 e. The zero-order valence-corrected chi connectivity index (χ0v) is 21.5. The maximum absolute atomic E-state index is 17.4. The number of carbonyl (C=O) groups is 3. The van der Waals surface area contributed by atoms with E-state index >= 15 is 8.78 Å². The summed E-state index contributed by atoms with van der Waals surface area (Å²) in [5.74, 6) is -3.98. The summed E-state index contributed by atoms with van der Waals surface area (Å²) in [5.41, 5.74) is -7.19. The van der Waals surface area contributed by atoms with Gasteiger partial charge in [0.25, 0.3) is 0 Å². The number of thioether (sulfide) groups is 1. The van der Waals surface area contributed by atoms with Crippen LogP contribution in [0.3, 0.4) is 0 Å². The van der Waals surface area contributed by atoms with E-state index in [4.69, 9.17) is 9.15 Å². The van der Waals surface area contributed by atoms with E-state index in [1.54, 1.807) is 13.8 Å². The smallest absolute Gasteiger partial charge is 0.375 e. The first-order chi connectivity index (χ1) is 17.4. The summed E-state index contributed by atoms with van der Waals surface area (Å²) in [6.07, 6.45) is 1.16. The predicted molar refractivity (Wildman–Crippen MR) is 129 cm³/mol. The van der Waals surface area contributed by atoms with E-state index in [1.165, 1.54) is 37.5 Å². The molecule has 9 atom stereocenters. The molecule has 0 spiro atoms. The van der Waals surface area contributed by atoms with Crippen molar-refractivity contribution >= 4 is 28.6 Å². The molecule has 4 aliphatic rings. The zero-order chi connectivity index (χ0) is 27.0. The summed E-state index contributed by atoms with van der Waals surface area (Å²) in [5, 5.41) is 10.7. The van der Waals surface area contributed by atoms with E-state index in [2.05, 4.69) is 0 Å². The molecule has 200 valence electrons. The number of aliphatic hydroxyl groups excluding tert-OH is 1. The van der Waals surface area contributed by atoms with Crippen molar-refractivity contribution in [2.24, 2.45) is 28.6 Å². The van der Waals surface area contributed by atoms with Gasteiger partial charge in [0, 0.05) is 22.7 Å². The third kappa shape index (κ3) is 3.27. The number of allylic oxidation sites excluding steroid dienone is 4. The molecular formula is C27H29F3O6S. The molecule has 5 rings (SSSR count).